The van der Waals surface area contributed by atoms with Crippen LogP contribution in [0.15, 0.2) is 83.8 Å². The van der Waals surface area contributed by atoms with E-state index in [1.54, 1.807) is 30.3 Å². The van der Waals surface area contributed by atoms with Gasteiger partial charge in [-0.05, 0) is 56.2 Å². The smallest absolute Gasteiger partial charge is 0.264 e. The number of aryl methyl sites for hydroxylation is 2. The molecule has 33 heavy (non-hydrogen) atoms. The molecule has 0 aliphatic rings. The van der Waals surface area contributed by atoms with E-state index in [-0.39, 0.29) is 24.1 Å². The Morgan fingerprint density at radius 1 is 0.970 bits per heavy atom. The van der Waals surface area contributed by atoms with Gasteiger partial charge >= 0.3 is 0 Å². The van der Waals surface area contributed by atoms with Crippen LogP contribution in [0.3, 0.4) is 0 Å². The van der Waals surface area contributed by atoms with Crippen LogP contribution in [0.1, 0.15) is 25.0 Å². The Labute approximate surface area is 196 Å². The lowest BCUT2D eigenvalue weighted by Gasteiger charge is -2.27. The molecule has 0 saturated carbocycles. The van der Waals surface area contributed by atoms with Crippen molar-refractivity contribution in [2.45, 2.75) is 38.1 Å². The number of hydrogen-bond donors (Lipinski definition) is 1. The van der Waals surface area contributed by atoms with Gasteiger partial charge in [0.25, 0.3) is 10.0 Å². The quantitative estimate of drug-likeness (QED) is 0.482. The third-order valence-electron chi connectivity index (χ3n) is 5.19. The Kier molecular flexibility index (Phi) is 8.11. The Morgan fingerprint density at radius 3 is 2.27 bits per heavy atom. The molecule has 1 amide bonds. The number of hydrogen-bond acceptors (Lipinski definition) is 4. The maximum absolute atomic E-state index is 13.5. The van der Waals surface area contributed by atoms with Crippen molar-refractivity contribution in [3.05, 3.63) is 90.0 Å². The van der Waals surface area contributed by atoms with Crippen molar-refractivity contribution in [2.24, 2.45) is 0 Å². The zero-order valence-electron chi connectivity index (χ0n) is 19.2. The fraction of sp³-hybridized carbons (Fsp3) is 0.269. The second kappa shape index (κ2) is 11.0. The van der Waals surface area contributed by atoms with Crippen molar-refractivity contribution in [1.82, 2.24) is 5.32 Å². The molecule has 1 N–H and O–H groups in total. The summed E-state index contributed by atoms with van der Waals surface area (Å²) in [7, 11) is -3.94. The lowest BCUT2D eigenvalue weighted by Crippen LogP contribution is -2.45. The predicted octanol–water partition coefficient (Wildman–Crippen LogP) is 4.34. The van der Waals surface area contributed by atoms with Crippen LogP contribution >= 0.6 is 0 Å². The van der Waals surface area contributed by atoms with Gasteiger partial charge < -0.3 is 10.1 Å². The molecule has 0 bridgehead atoms. The fourth-order valence-corrected chi connectivity index (χ4v) is 4.90. The topological polar surface area (TPSA) is 75.7 Å². The van der Waals surface area contributed by atoms with Gasteiger partial charge in [-0.3, -0.25) is 9.10 Å². The van der Waals surface area contributed by atoms with Crippen molar-refractivity contribution in [1.29, 1.82) is 0 Å². The summed E-state index contributed by atoms with van der Waals surface area (Å²) >= 11 is 0. The molecule has 0 aliphatic heterocycles. The van der Waals surface area contributed by atoms with Crippen LogP contribution in [0.2, 0.25) is 0 Å². The highest BCUT2D eigenvalue weighted by Gasteiger charge is 2.28. The average Bonchev–Trinajstić information content (AvgIpc) is 2.82. The number of nitrogens with zero attached hydrogens (tertiary/aromatic N) is 1. The van der Waals surface area contributed by atoms with Gasteiger partial charge in [0.1, 0.15) is 18.9 Å². The second-order valence-electron chi connectivity index (χ2n) is 7.90. The van der Waals surface area contributed by atoms with Crippen molar-refractivity contribution >= 4 is 21.6 Å². The molecule has 1 unspecified atom stereocenters. The van der Waals surface area contributed by atoms with Crippen LogP contribution in [0.4, 0.5) is 5.69 Å². The summed E-state index contributed by atoms with van der Waals surface area (Å²) < 4.78 is 33.9. The van der Waals surface area contributed by atoms with Gasteiger partial charge in [-0.2, -0.15) is 0 Å². The molecule has 0 spiro atoms. The Balaban J connectivity index is 1.77. The first-order chi connectivity index (χ1) is 15.8. The average molecular weight is 467 g/mol. The van der Waals surface area contributed by atoms with E-state index >= 15 is 0 Å². The number of ether oxygens (including phenoxy) is 1. The van der Waals surface area contributed by atoms with Crippen LogP contribution < -0.4 is 14.4 Å². The number of sulfonamides is 1. The number of carbonyl (C=O) groups is 1. The van der Waals surface area contributed by atoms with Crippen LogP contribution in [0.25, 0.3) is 0 Å². The van der Waals surface area contributed by atoms with E-state index in [0.29, 0.717) is 17.9 Å². The van der Waals surface area contributed by atoms with Crippen LogP contribution in [-0.4, -0.2) is 33.5 Å². The van der Waals surface area contributed by atoms with Crippen molar-refractivity contribution < 1.29 is 17.9 Å². The molecule has 3 rings (SSSR count). The van der Waals surface area contributed by atoms with Gasteiger partial charge in [-0.1, -0.05) is 61.0 Å². The molecule has 0 aromatic heterocycles. The summed E-state index contributed by atoms with van der Waals surface area (Å²) in [5.41, 5.74) is 2.49. The first-order valence-corrected chi connectivity index (χ1v) is 12.4. The number of carbonyl (C=O) groups excluding carboxylic acids is 1. The van der Waals surface area contributed by atoms with Crippen LogP contribution in [0.5, 0.6) is 5.75 Å². The van der Waals surface area contributed by atoms with E-state index in [0.717, 1.165) is 11.1 Å². The summed E-state index contributed by atoms with van der Waals surface area (Å²) in [6, 6.07) is 22.8. The van der Waals surface area contributed by atoms with Crippen LogP contribution in [-0.2, 0) is 21.2 Å². The summed E-state index contributed by atoms with van der Waals surface area (Å²) in [5.74, 6) is 0.312. The maximum atomic E-state index is 13.5. The van der Waals surface area contributed by atoms with Crippen molar-refractivity contribution in [2.75, 3.05) is 17.5 Å². The largest absolute Gasteiger partial charge is 0.491 e. The lowest BCUT2D eigenvalue weighted by atomic mass is 10.1. The molecule has 0 radical (unpaired) electrons. The van der Waals surface area contributed by atoms with E-state index < -0.39 is 15.9 Å². The summed E-state index contributed by atoms with van der Waals surface area (Å²) in [6.07, 6.45) is 0.638. The summed E-state index contributed by atoms with van der Waals surface area (Å²) in [6.45, 7) is 5.71. The molecular weight excluding hydrogens is 436 g/mol. The normalized spacial score (nSPS) is 12.1. The van der Waals surface area contributed by atoms with E-state index in [4.69, 9.17) is 4.74 Å². The standard InChI is InChI=1S/C26H30N2O4S/c1-4-22-10-8-9-13-25(22)28(33(30,31)24-11-6-5-7-12-24)18-26(29)27-21(3)19-32-23-16-14-20(2)15-17-23/h5-17,21H,4,18-19H2,1-3H3,(H,27,29). The molecule has 0 saturated heterocycles. The van der Waals surface area contributed by atoms with Gasteiger partial charge in [0, 0.05) is 0 Å². The predicted molar refractivity (Wildman–Crippen MR) is 131 cm³/mol. The molecule has 0 fully saturated rings. The zero-order valence-corrected chi connectivity index (χ0v) is 20.0. The van der Waals surface area contributed by atoms with E-state index in [2.05, 4.69) is 5.32 Å². The SMILES string of the molecule is CCc1ccccc1N(CC(=O)NC(C)COc1ccc(C)cc1)S(=O)(=O)c1ccccc1. The van der Waals surface area contributed by atoms with Crippen molar-refractivity contribution in [3.63, 3.8) is 0 Å². The number of para-hydroxylation sites is 1. The van der Waals surface area contributed by atoms with Crippen LogP contribution in [0, 0.1) is 6.92 Å². The maximum Gasteiger partial charge on any atom is 0.264 e. The first kappa shape index (κ1) is 24.3. The highest BCUT2D eigenvalue weighted by molar-refractivity contribution is 7.92. The highest BCUT2D eigenvalue weighted by Crippen LogP contribution is 2.27. The first-order valence-electron chi connectivity index (χ1n) is 11.0. The number of rotatable bonds is 10. The molecular formula is C26H30N2O4S. The zero-order chi connectivity index (χ0) is 23.8. The highest BCUT2D eigenvalue weighted by atomic mass is 32.2. The van der Waals surface area contributed by atoms with E-state index in [1.165, 1.54) is 16.4 Å². The molecule has 1 atom stereocenters. The molecule has 3 aromatic rings. The third kappa shape index (κ3) is 6.35. The van der Waals surface area contributed by atoms with Crippen molar-refractivity contribution in [3.8, 4) is 5.75 Å². The minimum absolute atomic E-state index is 0.138. The number of amides is 1. The third-order valence-corrected chi connectivity index (χ3v) is 6.96. The number of anilines is 1. The van der Waals surface area contributed by atoms with Gasteiger partial charge in [0.2, 0.25) is 5.91 Å². The molecule has 7 heteroatoms. The van der Waals surface area contributed by atoms with E-state index in [1.807, 2.05) is 57.2 Å². The Hall–Kier alpha value is -3.32. The minimum Gasteiger partial charge on any atom is -0.491 e. The van der Waals surface area contributed by atoms with Gasteiger partial charge in [0.15, 0.2) is 0 Å². The molecule has 0 aliphatic carbocycles. The molecule has 3 aromatic carbocycles. The van der Waals surface area contributed by atoms with Gasteiger partial charge in [-0.25, -0.2) is 8.42 Å². The molecule has 6 nitrogen and oxygen atoms in total. The second-order valence-corrected chi connectivity index (χ2v) is 9.76. The minimum atomic E-state index is -3.94. The monoisotopic (exact) mass is 466 g/mol. The number of benzene rings is 3. The van der Waals surface area contributed by atoms with Gasteiger partial charge in [0.05, 0.1) is 16.6 Å². The molecule has 174 valence electrons. The Morgan fingerprint density at radius 2 is 1.61 bits per heavy atom. The van der Waals surface area contributed by atoms with Gasteiger partial charge in [-0.15, -0.1) is 0 Å². The lowest BCUT2D eigenvalue weighted by molar-refractivity contribution is -0.120. The summed E-state index contributed by atoms with van der Waals surface area (Å²) in [4.78, 5) is 13.0. The number of nitrogens with one attached hydrogen (secondary N) is 1. The van der Waals surface area contributed by atoms with E-state index in [9.17, 15) is 13.2 Å². The Bertz CT molecular complexity index is 1160. The fourth-order valence-electron chi connectivity index (χ4n) is 3.42. The summed E-state index contributed by atoms with van der Waals surface area (Å²) in [5, 5.41) is 2.85. The molecule has 0 heterocycles.